The number of thioether (sulfide) groups is 1. The summed E-state index contributed by atoms with van der Waals surface area (Å²) in [6.45, 7) is 1.81. The summed E-state index contributed by atoms with van der Waals surface area (Å²) in [5.74, 6) is 1.06. The molecule has 1 N–H and O–H groups in total. The molecule has 1 fully saturated rings. The van der Waals surface area contributed by atoms with E-state index in [9.17, 15) is 4.79 Å². The van der Waals surface area contributed by atoms with Crippen LogP contribution in [0.3, 0.4) is 0 Å². The molecule has 0 saturated carbocycles. The Bertz CT molecular complexity index is 344. The van der Waals surface area contributed by atoms with Crippen LogP contribution in [0.25, 0.3) is 0 Å². The Kier molecular flexibility index (Phi) is 2.03. The first-order chi connectivity index (χ1) is 6.18. The van der Waals surface area contributed by atoms with E-state index < -0.39 is 5.97 Å². The molecule has 0 spiro atoms. The number of hydrogen-bond acceptors (Lipinski definition) is 3. The van der Waals surface area contributed by atoms with Gasteiger partial charge < -0.3 is 5.11 Å². The Morgan fingerprint density at radius 1 is 1.77 bits per heavy atom. The van der Waals surface area contributed by atoms with Gasteiger partial charge in [-0.25, -0.2) is 4.79 Å². The molecule has 1 aliphatic heterocycles. The van der Waals surface area contributed by atoms with Crippen LogP contribution in [0.4, 0.5) is 0 Å². The number of carboxylic acid groups (broad SMARTS) is 1. The van der Waals surface area contributed by atoms with Gasteiger partial charge in [0, 0.05) is 11.5 Å². The van der Waals surface area contributed by atoms with E-state index in [0.29, 0.717) is 5.69 Å². The van der Waals surface area contributed by atoms with Crippen molar-refractivity contribution in [1.82, 2.24) is 9.78 Å². The summed E-state index contributed by atoms with van der Waals surface area (Å²) in [7, 11) is 0. The van der Waals surface area contributed by atoms with Crippen molar-refractivity contribution in [3.63, 3.8) is 0 Å². The van der Waals surface area contributed by atoms with Crippen molar-refractivity contribution in [2.24, 2.45) is 0 Å². The lowest BCUT2D eigenvalue weighted by Gasteiger charge is -2.26. The van der Waals surface area contributed by atoms with Crippen molar-refractivity contribution in [1.29, 1.82) is 0 Å². The van der Waals surface area contributed by atoms with Gasteiger partial charge in [-0.3, -0.25) is 4.68 Å². The number of hydrogen-bond donors (Lipinski definition) is 1. The summed E-state index contributed by atoms with van der Waals surface area (Å²) in [5, 5.41) is 13.1. The molecule has 1 saturated heterocycles. The van der Waals surface area contributed by atoms with Gasteiger partial charge >= 0.3 is 5.97 Å². The van der Waals surface area contributed by atoms with E-state index in [-0.39, 0.29) is 6.04 Å². The molecule has 0 atom stereocenters. The fourth-order valence-electron chi connectivity index (χ4n) is 1.32. The fraction of sp³-hybridized carbons (Fsp3) is 0.500. The van der Waals surface area contributed by atoms with Crippen LogP contribution in [0.5, 0.6) is 0 Å². The van der Waals surface area contributed by atoms with Gasteiger partial charge in [0.05, 0.1) is 11.7 Å². The standard InChI is InChI=1S/C8H10N2O2S/c1-5-2-7(8(11)12)10(9-5)6-3-13-4-6/h2,6H,3-4H2,1H3,(H,11,12). The second-order valence-corrected chi connectivity index (χ2v) is 4.19. The molecule has 4 nitrogen and oxygen atoms in total. The maximum Gasteiger partial charge on any atom is 0.354 e. The van der Waals surface area contributed by atoms with Gasteiger partial charge in [-0.1, -0.05) is 0 Å². The summed E-state index contributed by atoms with van der Waals surface area (Å²) in [6, 6.07) is 1.90. The number of aromatic carboxylic acids is 1. The van der Waals surface area contributed by atoms with E-state index in [1.165, 1.54) is 0 Å². The Morgan fingerprint density at radius 2 is 2.46 bits per heavy atom. The first-order valence-corrected chi connectivity index (χ1v) is 5.21. The highest BCUT2D eigenvalue weighted by Crippen LogP contribution is 2.29. The van der Waals surface area contributed by atoms with Crippen LogP contribution in [0, 0.1) is 6.92 Å². The topological polar surface area (TPSA) is 55.1 Å². The molecule has 0 unspecified atom stereocenters. The highest BCUT2D eigenvalue weighted by Gasteiger charge is 2.25. The molecule has 0 bridgehead atoms. The molecule has 0 amide bonds. The van der Waals surface area contributed by atoms with Gasteiger partial charge in [0.1, 0.15) is 5.69 Å². The molecule has 2 heterocycles. The van der Waals surface area contributed by atoms with E-state index in [0.717, 1.165) is 17.2 Å². The van der Waals surface area contributed by atoms with Crippen molar-refractivity contribution in [3.05, 3.63) is 17.5 Å². The molecular weight excluding hydrogens is 188 g/mol. The minimum atomic E-state index is -0.891. The second kappa shape index (κ2) is 3.06. The van der Waals surface area contributed by atoms with Crippen molar-refractivity contribution in [3.8, 4) is 0 Å². The molecule has 0 radical (unpaired) electrons. The van der Waals surface area contributed by atoms with Crippen LogP contribution >= 0.6 is 11.8 Å². The lowest BCUT2D eigenvalue weighted by Crippen LogP contribution is -2.26. The predicted molar refractivity (Wildman–Crippen MR) is 50.3 cm³/mol. The average Bonchev–Trinajstić information content (AvgIpc) is 2.27. The molecule has 1 aliphatic rings. The van der Waals surface area contributed by atoms with Gasteiger partial charge in [0.2, 0.25) is 0 Å². The minimum Gasteiger partial charge on any atom is -0.477 e. The lowest BCUT2D eigenvalue weighted by molar-refractivity contribution is 0.0681. The van der Waals surface area contributed by atoms with E-state index in [4.69, 9.17) is 5.11 Å². The monoisotopic (exact) mass is 198 g/mol. The van der Waals surface area contributed by atoms with Crippen LogP contribution in [0.1, 0.15) is 22.2 Å². The molecule has 13 heavy (non-hydrogen) atoms. The van der Waals surface area contributed by atoms with Crippen molar-refractivity contribution in [2.45, 2.75) is 13.0 Å². The first kappa shape index (κ1) is 8.62. The van der Waals surface area contributed by atoms with E-state index >= 15 is 0 Å². The van der Waals surface area contributed by atoms with Gasteiger partial charge in [0.25, 0.3) is 0 Å². The smallest absolute Gasteiger partial charge is 0.354 e. The Labute approximate surface area is 79.9 Å². The Balaban J connectivity index is 2.36. The summed E-state index contributed by atoms with van der Waals surface area (Å²) < 4.78 is 1.63. The van der Waals surface area contributed by atoms with Gasteiger partial charge in [-0.15, -0.1) is 0 Å². The van der Waals surface area contributed by atoms with Crippen LogP contribution in [-0.4, -0.2) is 32.4 Å². The first-order valence-electron chi connectivity index (χ1n) is 4.05. The van der Waals surface area contributed by atoms with Crippen molar-refractivity contribution in [2.75, 3.05) is 11.5 Å². The summed E-state index contributed by atoms with van der Waals surface area (Å²) in [4.78, 5) is 10.8. The molecule has 0 aliphatic carbocycles. The van der Waals surface area contributed by atoms with Gasteiger partial charge in [-0.05, 0) is 13.0 Å². The van der Waals surface area contributed by atoms with Crippen LogP contribution in [0.15, 0.2) is 6.07 Å². The molecular formula is C8H10N2O2S. The Morgan fingerprint density at radius 3 is 2.92 bits per heavy atom. The SMILES string of the molecule is Cc1cc(C(=O)O)n(C2CSC2)n1. The fourth-order valence-corrected chi connectivity index (χ4v) is 2.05. The molecule has 5 heteroatoms. The van der Waals surface area contributed by atoms with Crippen molar-refractivity contribution < 1.29 is 9.90 Å². The number of nitrogens with zero attached hydrogens (tertiary/aromatic N) is 2. The molecule has 1 aromatic heterocycles. The quantitative estimate of drug-likeness (QED) is 0.775. The summed E-state index contributed by atoms with van der Waals surface area (Å²) in [5.41, 5.74) is 1.08. The third kappa shape index (κ3) is 1.44. The number of carbonyl (C=O) groups is 1. The third-order valence-corrected chi connectivity index (χ3v) is 3.28. The largest absolute Gasteiger partial charge is 0.477 e. The number of carboxylic acids is 1. The van der Waals surface area contributed by atoms with E-state index in [2.05, 4.69) is 5.10 Å². The van der Waals surface area contributed by atoms with Gasteiger partial charge in [-0.2, -0.15) is 16.9 Å². The number of aromatic nitrogens is 2. The Hall–Kier alpha value is -0.970. The average molecular weight is 198 g/mol. The second-order valence-electron chi connectivity index (χ2n) is 3.11. The van der Waals surface area contributed by atoms with Crippen LogP contribution in [-0.2, 0) is 0 Å². The molecule has 2 rings (SSSR count). The molecule has 70 valence electrons. The van der Waals surface area contributed by atoms with Crippen LogP contribution in [0.2, 0.25) is 0 Å². The van der Waals surface area contributed by atoms with Crippen LogP contribution < -0.4 is 0 Å². The van der Waals surface area contributed by atoms with Crippen molar-refractivity contribution >= 4 is 17.7 Å². The summed E-state index contributed by atoms with van der Waals surface area (Å²) in [6.07, 6.45) is 0. The maximum absolute atomic E-state index is 10.8. The highest BCUT2D eigenvalue weighted by molar-refractivity contribution is 8.00. The summed E-state index contributed by atoms with van der Waals surface area (Å²) >= 11 is 1.82. The zero-order chi connectivity index (χ0) is 9.42. The minimum absolute atomic E-state index is 0.282. The normalized spacial score (nSPS) is 17.0. The molecule has 1 aromatic rings. The zero-order valence-electron chi connectivity index (χ0n) is 7.23. The third-order valence-electron chi connectivity index (χ3n) is 2.04. The van der Waals surface area contributed by atoms with E-state index in [1.54, 1.807) is 10.7 Å². The van der Waals surface area contributed by atoms with E-state index in [1.807, 2.05) is 18.7 Å². The maximum atomic E-state index is 10.8. The number of aryl methyl sites for hydroxylation is 1. The predicted octanol–water partition coefficient (Wildman–Crippen LogP) is 1.18. The zero-order valence-corrected chi connectivity index (χ0v) is 8.04. The lowest BCUT2D eigenvalue weighted by atomic mass is 10.3. The molecule has 0 aromatic carbocycles. The van der Waals surface area contributed by atoms with Gasteiger partial charge in [0.15, 0.2) is 0 Å². The number of rotatable bonds is 2. The highest BCUT2D eigenvalue weighted by atomic mass is 32.2.